The number of amides is 1. The summed E-state index contributed by atoms with van der Waals surface area (Å²) in [7, 11) is 3.52. The van der Waals surface area contributed by atoms with Gasteiger partial charge >= 0.3 is 0 Å². The maximum Gasteiger partial charge on any atom is 0.253 e. The number of carbonyl (C=O) groups excluding carboxylic acids is 1. The lowest BCUT2D eigenvalue weighted by Crippen LogP contribution is -2.42. The van der Waals surface area contributed by atoms with Crippen LogP contribution >= 0.6 is 0 Å². The van der Waals surface area contributed by atoms with Gasteiger partial charge in [0, 0.05) is 31.7 Å². The number of fused-ring (bicyclic) bond motifs is 1. The number of hydrogen-bond donors (Lipinski definition) is 2. The molecule has 0 spiro atoms. The summed E-state index contributed by atoms with van der Waals surface area (Å²) in [6, 6.07) is 5.72. The maximum absolute atomic E-state index is 11.8. The lowest BCUT2D eigenvalue weighted by Gasteiger charge is -2.35. The van der Waals surface area contributed by atoms with Crippen LogP contribution in [0.2, 0.25) is 0 Å². The van der Waals surface area contributed by atoms with E-state index in [0.29, 0.717) is 5.56 Å². The van der Waals surface area contributed by atoms with Crippen molar-refractivity contribution in [3.63, 3.8) is 0 Å². The normalized spacial score (nSPS) is 16.5. The topological polar surface area (TPSA) is 44.4 Å². The molecule has 1 heterocycles. The van der Waals surface area contributed by atoms with Crippen molar-refractivity contribution in [2.45, 2.75) is 19.4 Å². The van der Waals surface area contributed by atoms with Gasteiger partial charge in [-0.05, 0) is 32.0 Å². The SMILES string of the molecule is CN(C)C(=O)c1ccc2c(c1)NCC(C)(C)N2. The molecule has 4 heteroatoms. The highest BCUT2D eigenvalue weighted by Crippen LogP contribution is 2.30. The van der Waals surface area contributed by atoms with Gasteiger partial charge in [-0.25, -0.2) is 0 Å². The third kappa shape index (κ3) is 2.35. The van der Waals surface area contributed by atoms with E-state index in [1.54, 1.807) is 19.0 Å². The zero-order chi connectivity index (χ0) is 12.6. The molecule has 0 fully saturated rings. The highest BCUT2D eigenvalue weighted by molar-refractivity contribution is 5.96. The standard InChI is InChI=1S/C13H19N3O/c1-13(2)8-14-11-7-9(12(17)16(3)4)5-6-10(11)15-13/h5-7,14-15H,8H2,1-4H3. The van der Waals surface area contributed by atoms with E-state index >= 15 is 0 Å². The molecule has 2 rings (SSSR count). The summed E-state index contributed by atoms with van der Waals surface area (Å²) < 4.78 is 0. The third-order valence-electron chi connectivity index (χ3n) is 2.87. The van der Waals surface area contributed by atoms with Crippen LogP contribution in [0, 0.1) is 0 Å². The monoisotopic (exact) mass is 233 g/mol. The van der Waals surface area contributed by atoms with Gasteiger partial charge < -0.3 is 15.5 Å². The van der Waals surface area contributed by atoms with Crippen molar-refractivity contribution in [2.24, 2.45) is 0 Å². The first-order valence-corrected chi connectivity index (χ1v) is 5.77. The Balaban J connectivity index is 2.31. The highest BCUT2D eigenvalue weighted by atomic mass is 16.2. The Morgan fingerprint density at radius 3 is 2.65 bits per heavy atom. The van der Waals surface area contributed by atoms with Crippen LogP contribution in [0.3, 0.4) is 0 Å². The Morgan fingerprint density at radius 2 is 2.00 bits per heavy atom. The van der Waals surface area contributed by atoms with Crippen molar-refractivity contribution in [1.29, 1.82) is 0 Å². The van der Waals surface area contributed by atoms with Crippen LogP contribution in [-0.4, -0.2) is 37.0 Å². The van der Waals surface area contributed by atoms with E-state index in [1.165, 1.54) is 0 Å². The summed E-state index contributed by atoms with van der Waals surface area (Å²) in [5.41, 5.74) is 2.80. The van der Waals surface area contributed by atoms with E-state index in [1.807, 2.05) is 18.2 Å². The van der Waals surface area contributed by atoms with Gasteiger partial charge in [-0.2, -0.15) is 0 Å². The van der Waals surface area contributed by atoms with Crippen molar-refractivity contribution in [3.05, 3.63) is 23.8 Å². The van der Waals surface area contributed by atoms with E-state index in [9.17, 15) is 4.79 Å². The lowest BCUT2D eigenvalue weighted by molar-refractivity contribution is 0.0827. The van der Waals surface area contributed by atoms with Crippen molar-refractivity contribution in [3.8, 4) is 0 Å². The Labute approximate surface area is 102 Å². The van der Waals surface area contributed by atoms with Crippen LogP contribution in [0.1, 0.15) is 24.2 Å². The summed E-state index contributed by atoms with van der Waals surface area (Å²) in [4.78, 5) is 13.4. The Kier molecular flexibility index (Phi) is 2.73. The molecule has 92 valence electrons. The fourth-order valence-corrected chi connectivity index (χ4v) is 1.92. The first kappa shape index (κ1) is 11.8. The summed E-state index contributed by atoms with van der Waals surface area (Å²) in [5, 5.41) is 6.80. The molecule has 0 bridgehead atoms. The molecule has 4 nitrogen and oxygen atoms in total. The molecule has 0 radical (unpaired) electrons. The predicted molar refractivity (Wildman–Crippen MR) is 70.7 cm³/mol. The minimum Gasteiger partial charge on any atom is -0.381 e. The van der Waals surface area contributed by atoms with E-state index in [0.717, 1.165) is 17.9 Å². The van der Waals surface area contributed by atoms with Gasteiger partial charge in [-0.3, -0.25) is 4.79 Å². The van der Waals surface area contributed by atoms with Crippen LogP contribution in [0.15, 0.2) is 18.2 Å². The molecule has 1 aliphatic heterocycles. The summed E-state index contributed by atoms with van der Waals surface area (Å²) in [6.45, 7) is 5.13. The lowest BCUT2D eigenvalue weighted by atomic mass is 10.0. The summed E-state index contributed by atoms with van der Waals surface area (Å²) in [5.74, 6) is 0.0273. The van der Waals surface area contributed by atoms with Crippen molar-refractivity contribution in [1.82, 2.24) is 4.90 Å². The van der Waals surface area contributed by atoms with Crippen molar-refractivity contribution >= 4 is 17.3 Å². The number of nitrogens with zero attached hydrogens (tertiary/aromatic N) is 1. The van der Waals surface area contributed by atoms with Gasteiger partial charge in [0.2, 0.25) is 0 Å². The maximum atomic E-state index is 11.8. The van der Waals surface area contributed by atoms with E-state index < -0.39 is 0 Å². The fourth-order valence-electron chi connectivity index (χ4n) is 1.92. The molecule has 1 aromatic rings. The Morgan fingerprint density at radius 1 is 1.29 bits per heavy atom. The molecule has 0 saturated carbocycles. The Bertz CT molecular complexity index is 452. The molecule has 0 unspecified atom stereocenters. The number of benzene rings is 1. The zero-order valence-corrected chi connectivity index (χ0v) is 10.8. The van der Waals surface area contributed by atoms with E-state index in [-0.39, 0.29) is 11.4 Å². The second kappa shape index (κ2) is 3.95. The summed E-state index contributed by atoms with van der Waals surface area (Å²) >= 11 is 0. The van der Waals surface area contributed by atoms with Gasteiger partial charge in [-0.15, -0.1) is 0 Å². The molecular formula is C13H19N3O. The molecule has 2 N–H and O–H groups in total. The van der Waals surface area contributed by atoms with Crippen LogP contribution in [0.5, 0.6) is 0 Å². The van der Waals surface area contributed by atoms with Gasteiger partial charge in [0.15, 0.2) is 0 Å². The van der Waals surface area contributed by atoms with Crippen LogP contribution in [0.25, 0.3) is 0 Å². The number of carbonyl (C=O) groups is 1. The van der Waals surface area contributed by atoms with Gasteiger partial charge in [-0.1, -0.05) is 0 Å². The van der Waals surface area contributed by atoms with Gasteiger partial charge in [0.05, 0.1) is 11.4 Å². The van der Waals surface area contributed by atoms with E-state index in [4.69, 9.17) is 0 Å². The number of nitrogens with one attached hydrogen (secondary N) is 2. The predicted octanol–water partition coefficient (Wildman–Crippen LogP) is 2.00. The minimum absolute atomic E-state index is 0.0273. The first-order valence-electron chi connectivity index (χ1n) is 5.77. The van der Waals surface area contributed by atoms with Crippen molar-refractivity contribution in [2.75, 3.05) is 31.3 Å². The molecule has 1 aliphatic rings. The van der Waals surface area contributed by atoms with Crippen LogP contribution in [-0.2, 0) is 0 Å². The average Bonchev–Trinajstić information content (AvgIpc) is 2.26. The third-order valence-corrected chi connectivity index (χ3v) is 2.87. The van der Waals surface area contributed by atoms with Crippen LogP contribution < -0.4 is 10.6 Å². The molecule has 1 amide bonds. The molecular weight excluding hydrogens is 214 g/mol. The molecule has 0 saturated heterocycles. The zero-order valence-electron chi connectivity index (χ0n) is 10.8. The van der Waals surface area contributed by atoms with Gasteiger partial charge in [0.1, 0.15) is 0 Å². The number of hydrogen-bond acceptors (Lipinski definition) is 3. The fraction of sp³-hybridized carbons (Fsp3) is 0.462. The van der Waals surface area contributed by atoms with Crippen molar-refractivity contribution < 1.29 is 4.79 Å². The average molecular weight is 233 g/mol. The van der Waals surface area contributed by atoms with Gasteiger partial charge in [0.25, 0.3) is 5.91 Å². The molecule has 17 heavy (non-hydrogen) atoms. The summed E-state index contributed by atoms with van der Waals surface area (Å²) in [6.07, 6.45) is 0. The number of anilines is 2. The highest BCUT2D eigenvalue weighted by Gasteiger charge is 2.24. The Hall–Kier alpha value is -1.71. The second-order valence-corrected chi connectivity index (χ2v) is 5.32. The molecule has 1 aromatic carbocycles. The molecule has 0 atom stereocenters. The first-order chi connectivity index (χ1) is 7.89. The largest absolute Gasteiger partial charge is 0.381 e. The number of rotatable bonds is 1. The van der Waals surface area contributed by atoms with E-state index in [2.05, 4.69) is 24.5 Å². The van der Waals surface area contributed by atoms with Crippen LogP contribution in [0.4, 0.5) is 11.4 Å². The molecule has 0 aromatic heterocycles. The quantitative estimate of drug-likeness (QED) is 0.780. The smallest absolute Gasteiger partial charge is 0.253 e. The minimum atomic E-state index is 0.0273. The molecule has 0 aliphatic carbocycles. The second-order valence-electron chi connectivity index (χ2n) is 5.32.